The van der Waals surface area contributed by atoms with Gasteiger partial charge in [0.15, 0.2) is 5.96 Å². The number of rotatable bonds is 4. The molecule has 0 saturated carbocycles. The Hall–Kier alpha value is -0.810. The fourth-order valence-corrected chi connectivity index (χ4v) is 0.620. The maximum absolute atomic E-state index is 8.58. The monoisotopic (exact) mass is 161 g/mol. The van der Waals surface area contributed by atoms with Crippen LogP contribution in [-0.4, -0.2) is 30.0 Å². The fourth-order valence-electron chi connectivity index (χ4n) is 0.620. The van der Waals surface area contributed by atoms with Crippen LogP contribution < -0.4 is 11.5 Å². The van der Waals surface area contributed by atoms with Gasteiger partial charge in [-0.2, -0.15) is 0 Å². The lowest BCUT2D eigenvalue weighted by molar-refractivity contribution is -0.0163. The van der Waals surface area contributed by atoms with Crippen LogP contribution in [0, 0.1) is 0 Å². The second-order valence-corrected chi connectivity index (χ2v) is 2.28. The molecule has 0 aliphatic rings. The van der Waals surface area contributed by atoms with E-state index in [0.29, 0.717) is 0 Å². The van der Waals surface area contributed by atoms with Crippen LogP contribution in [0.2, 0.25) is 0 Å². The van der Waals surface area contributed by atoms with E-state index in [1.54, 1.807) is 13.8 Å². The van der Waals surface area contributed by atoms with Crippen molar-refractivity contribution in [1.82, 2.24) is 0 Å². The van der Waals surface area contributed by atoms with Crippen LogP contribution in [0.1, 0.15) is 13.8 Å². The van der Waals surface area contributed by atoms with Crippen molar-refractivity contribution in [3.63, 3.8) is 0 Å². The topological polar surface area (TPSA) is 93.9 Å². The second-order valence-electron chi connectivity index (χ2n) is 2.28. The number of guanidine groups is 1. The van der Waals surface area contributed by atoms with Crippen LogP contribution in [-0.2, 0) is 4.74 Å². The molecule has 5 heteroatoms. The van der Waals surface area contributed by atoms with Gasteiger partial charge in [-0.3, -0.25) is 0 Å². The minimum Gasteiger partial charge on any atom is -0.394 e. The van der Waals surface area contributed by atoms with Crippen molar-refractivity contribution in [1.29, 1.82) is 0 Å². The molecule has 0 heterocycles. The van der Waals surface area contributed by atoms with Crippen molar-refractivity contribution in [3.05, 3.63) is 0 Å². The van der Waals surface area contributed by atoms with E-state index in [1.165, 1.54) is 0 Å². The normalized spacial score (nSPS) is 15.5. The highest BCUT2D eigenvalue weighted by molar-refractivity contribution is 5.75. The predicted molar refractivity (Wildman–Crippen MR) is 42.9 cm³/mol. The molecule has 0 aromatic heterocycles. The molecule has 2 unspecified atom stereocenters. The summed E-state index contributed by atoms with van der Waals surface area (Å²) >= 11 is 0. The third kappa shape index (κ3) is 5.63. The zero-order valence-electron chi connectivity index (χ0n) is 6.82. The summed E-state index contributed by atoms with van der Waals surface area (Å²) in [6.45, 7) is 3.40. The molecule has 0 saturated heterocycles. The molecule has 66 valence electrons. The Morgan fingerprint density at radius 3 is 2.45 bits per heavy atom. The zero-order chi connectivity index (χ0) is 8.85. The van der Waals surface area contributed by atoms with Gasteiger partial charge in [-0.15, -0.1) is 0 Å². The van der Waals surface area contributed by atoms with E-state index in [4.69, 9.17) is 21.3 Å². The Bertz CT molecular complexity index is 134. The lowest BCUT2D eigenvalue weighted by atomic mass is 10.4. The summed E-state index contributed by atoms with van der Waals surface area (Å²) < 4.78 is 5.11. The molecule has 0 aromatic carbocycles. The molecule has 0 spiro atoms. The Morgan fingerprint density at radius 2 is 2.09 bits per heavy atom. The van der Waals surface area contributed by atoms with E-state index in [9.17, 15) is 0 Å². The third-order valence-corrected chi connectivity index (χ3v) is 1.02. The lowest BCUT2D eigenvalue weighted by Gasteiger charge is -2.13. The SMILES string of the molecule is CC(CO)OC(C)N=C(N)N. The number of nitrogens with zero attached hydrogens (tertiary/aromatic N) is 1. The summed E-state index contributed by atoms with van der Waals surface area (Å²) in [5.41, 5.74) is 10.2. The molecule has 0 aliphatic carbocycles. The van der Waals surface area contributed by atoms with Crippen molar-refractivity contribution in [3.8, 4) is 0 Å². The van der Waals surface area contributed by atoms with Gasteiger partial charge >= 0.3 is 0 Å². The highest BCUT2D eigenvalue weighted by Crippen LogP contribution is 1.97. The quantitative estimate of drug-likeness (QED) is 0.364. The van der Waals surface area contributed by atoms with Crippen molar-refractivity contribution in [2.45, 2.75) is 26.2 Å². The van der Waals surface area contributed by atoms with E-state index in [1.807, 2.05) is 0 Å². The molecule has 0 rings (SSSR count). The smallest absolute Gasteiger partial charge is 0.188 e. The van der Waals surface area contributed by atoms with Crippen LogP contribution in [0.3, 0.4) is 0 Å². The van der Waals surface area contributed by atoms with Crippen LogP contribution in [0.5, 0.6) is 0 Å². The number of hydrogen-bond acceptors (Lipinski definition) is 3. The Morgan fingerprint density at radius 1 is 1.55 bits per heavy atom. The summed E-state index contributed by atoms with van der Waals surface area (Å²) in [5.74, 6) is -0.0114. The van der Waals surface area contributed by atoms with Gasteiger partial charge in [0.25, 0.3) is 0 Å². The maximum Gasteiger partial charge on any atom is 0.188 e. The van der Waals surface area contributed by atoms with E-state index >= 15 is 0 Å². The zero-order valence-corrected chi connectivity index (χ0v) is 6.82. The highest BCUT2D eigenvalue weighted by Gasteiger charge is 2.04. The number of aliphatic hydroxyl groups is 1. The van der Waals surface area contributed by atoms with E-state index in [0.717, 1.165) is 0 Å². The molecule has 0 amide bonds. The van der Waals surface area contributed by atoms with Gasteiger partial charge in [0, 0.05) is 0 Å². The molecule has 0 aromatic rings. The third-order valence-electron chi connectivity index (χ3n) is 1.02. The average Bonchev–Trinajstić information content (AvgIpc) is 1.85. The van der Waals surface area contributed by atoms with Crippen LogP contribution in [0.4, 0.5) is 0 Å². The molecule has 5 nitrogen and oxygen atoms in total. The molecular formula is C6H15N3O2. The van der Waals surface area contributed by atoms with Crippen molar-refractivity contribution in [2.75, 3.05) is 6.61 Å². The molecule has 5 N–H and O–H groups in total. The van der Waals surface area contributed by atoms with E-state index < -0.39 is 6.23 Å². The maximum atomic E-state index is 8.58. The molecule has 0 radical (unpaired) electrons. The first-order chi connectivity index (χ1) is 5.06. The first-order valence-electron chi connectivity index (χ1n) is 3.41. The van der Waals surface area contributed by atoms with Crippen LogP contribution >= 0.6 is 0 Å². The fraction of sp³-hybridized carbons (Fsp3) is 0.833. The summed E-state index contributed by atoms with van der Waals surface area (Å²) in [5, 5.41) is 8.58. The van der Waals surface area contributed by atoms with Crippen molar-refractivity contribution >= 4 is 5.96 Å². The summed E-state index contributed by atoms with van der Waals surface area (Å²) in [6, 6.07) is 0. The first-order valence-corrected chi connectivity index (χ1v) is 3.41. The number of hydrogen-bond donors (Lipinski definition) is 3. The summed E-state index contributed by atoms with van der Waals surface area (Å²) in [7, 11) is 0. The molecule has 0 bridgehead atoms. The molecule has 11 heavy (non-hydrogen) atoms. The Balaban J connectivity index is 3.69. The number of aliphatic imine (C=N–C) groups is 1. The van der Waals surface area contributed by atoms with Crippen molar-refractivity contribution in [2.24, 2.45) is 16.5 Å². The van der Waals surface area contributed by atoms with E-state index in [-0.39, 0.29) is 18.7 Å². The molecule has 2 atom stereocenters. The molecule has 0 fully saturated rings. The Labute approximate surface area is 66.0 Å². The molecular weight excluding hydrogens is 146 g/mol. The van der Waals surface area contributed by atoms with Gasteiger partial charge in [0.1, 0.15) is 6.23 Å². The van der Waals surface area contributed by atoms with Crippen LogP contribution in [0.15, 0.2) is 4.99 Å². The predicted octanol–water partition coefficient (Wildman–Crippen LogP) is -0.997. The Kier molecular flexibility index (Phi) is 4.56. The number of aliphatic hydroxyl groups excluding tert-OH is 1. The van der Waals surface area contributed by atoms with E-state index in [2.05, 4.69) is 4.99 Å². The standard InChI is InChI=1S/C6H15N3O2/c1-4(3-10)11-5(2)9-6(7)8/h4-5,10H,3H2,1-2H3,(H4,7,8,9). The first kappa shape index (κ1) is 10.2. The second kappa shape index (κ2) is 4.92. The minimum absolute atomic E-state index is 0.0114. The van der Waals surface area contributed by atoms with Gasteiger partial charge in [0.2, 0.25) is 0 Å². The minimum atomic E-state index is -0.401. The lowest BCUT2D eigenvalue weighted by Crippen LogP contribution is -2.27. The number of ether oxygens (including phenoxy) is 1. The van der Waals surface area contributed by atoms with Gasteiger partial charge in [-0.05, 0) is 13.8 Å². The highest BCUT2D eigenvalue weighted by atomic mass is 16.5. The largest absolute Gasteiger partial charge is 0.394 e. The van der Waals surface area contributed by atoms with Gasteiger partial charge in [-0.1, -0.05) is 0 Å². The molecule has 0 aliphatic heterocycles. The summed E-state index contributed by atoms with van der Waals surface area (Å²) in [4.78, 5) is 3.70. The van der Waals surface area contributed by atoms with Gasteiger partial charge in [-0.25, -0.2) is 4.99 Å². The number of nitrogens with two attached hydrogens (primary N) is 2. The van der Waals surface area contributed by atoms with Gasteiger partial charge < -0.3 is 21.3 Å². The van der Waals surface area contributed by atoms with Gasteiger partial charge in [0.05, 0.1) is 12.7 Å². The average molecular weight is 161 g/mol. The van der Waals surface area contributed by atoms with Crippen molar-refractivity contribution < 1.29 is 9.84 Å². The van der Waals surface area contributed by atoms with Crippen LogP contribution in [0.25, 0.3) is 0 Å². The summed E-state index contributed by atoms with van der Waals surface area (Å²) in [6.07, 6.45) is -0.643.